The van der Waals surface area contributed by atoms with Crippen molar-refractivity contribution in [2.24, 2.45) is 0 Å². The van der Waals surface area contributed by atoms with E-state index in [0.29, 0.717) is 0 Å². The highest BCUT2D eigenvalue weighted by Crippen LogP contribution is 2.47. The summed E-state index contributed by atoms with van der Waals surface area (Å²) in [6.07, 6.45) is 4.74. The van der Waals surface area contributed by atoms with Crippen molar-refractivity contribution >= 4 is 42.1 Å². The number of hydrogen-bond donors (Lipinski definition) is 3. The van der Waals surface area contributed by atoms with Gasteiger partial charge in [0.1, 0.15) is 11.3 Å². The molecule has 0 radical (unpaired) electrons. The zero-order valence-electron chi connectivity index (χ0n) is 20.0. The minimum atomic E-state index is -0.516. The molecule has 33 heavy (non-hydrogen) atoms. The summed E-state index contributed by atoms with van der Waals surface area (Å²) in [5, 5.41) is 0. The maximum Gasteiger partial charge on any atom is 0.402 e. The van der Waals surface area contributed by atoms with E-state index in [4.69, 9.17) is 9.72 Å². The van der Waals surface area contributed by atoms with Gasteiger partial charge in [0.05, 0.1) is 19.0 Å². The fourth-order valence-electron chi connectivity index (χ4n) is 5.08. The number of hydrogen-bond acceptors (Lipinski definition) is 5. The fraction of sp³-hybridized carbons (Fsp3) is 0.480. The summed E-state index contributed by atoms with van der Waals surface area (Å²) in [5.41, 5.74) is 5.18. The summed E-state index contributed by atoms with van der Waals surface area (Å²) in [5.74, 6) is 1.88. The molecular formula is C25H32ClN3O2S2. The fourth-order valence-corrected chi connectivity index (χ4v) is 5.44. The molecule has 2 heterocycles. The number of benzene rings is 1. The molecule has 0 saturated carbocycles. The molecule has 0 atom stereocenters. The summed E-state index contributed by atoms with van der Waals surface area (Å²) < 4.78 is 7.74. The van der Waals surface area contributed by atoms with Crippen LogP contribution in [0.1, 0.15) is 62.9 Å². The number of ketones is 1. The van der Waals surface area contributed by atoms with Gasteiger partial charge in [0.25, 0.3) is 0 Å². The number of carbonyl (C=O) groups is 1. The summed E-state index contributed by atoms with van der Waals surface area (Å²) in [7, 11) is 1.70. The zero-order valence-corrected chi connectivity index (χ0v) is 22.5. The second-order valence-corrected chi connectivity index (χ2v) is 11.4. The van der Waals surface area contributed by atoms with Crippen molar-refractivity contribution < 1.29 is 26.5 Å². The van der Waals surface area contributed by atoms with Crippen LogP contribution in [-0.4, -0.2) is 27.4 Å². The number of carbonyl (C=O) groups excluding carboxylic acids is 1. The highest BCUT2D eigenvalue weighted by atomic mass is 35.5. The highest BCUT2D eigenvalue weighted by molar-refractivity contribution is 7.99. The van der Waals surface area contributed by atoms with Gasteiger partial charge in [-0.1, -0.05) is 4.98 Å². The lowest BCUT2D eigenvalue weighted by Crippen LogP contribution is -3.00. The molecule has 0 amide bonds. The highest BCUT2D eigenvalue weighted by Gasteiger charge is 2.50. The molecule has 5 nitrogen and oxygen atoms in total. The van der Waals surface area contributed by atoms with Gasteiger partial charge in [-0.2, -0.15) is 25.3 Å². The average molecular weight is 506 g/mol. The summed E-state index contributed by atoms with van der Waals surface area (Å²) in [6.45, 7) is 10.1. The van der Waals surface area contributed by atoms with Crippen molar-refractivity contribution in [1.82, 2.24) is 9.97 Å². The number of nitrogens with one attached hydrogen (secondary N) is 1. The van der Waals surface area contributed by atoms with Gasteiger partial charge in [0, 0.05) is 33.5 Å². The van der Waals surface area contributed by atoms with Gasteiger partial charge >= 0.3 is 5.95 Å². The molecule has 2 aromatic heterocycles. The van der Waals surface area contributed by atoms with Gasteiger partial charge in [0.15, 0.2) is 11.3 Å². The minimum absolute atomic E-state index is 0. The molecule has 178 valence electrons. The first kappa shape index (κ1) is 25.9. The van der Waals surface area contributed by atoms with E-state index < -0.39 is 10.8 Å². The Morgan fingerprint density at radius 2 is 1.79 bits per heavy atom. The summed E-state index contributed by atoms with van der Waals surface area (Å²) in [4.78, 5) is 21.4. The Morgan fingerprint density at radius 3 is 2.39 bits per heavy atom. The Labute approximate surface area is 213 Å². The normalized spacial score (nSPS) is 16.2. The van der Waals surface area contributed by atoms with E-state index in [-0.39, 0.29) is 22.8 Å². The number of pyridine rings is 1. The molecule has 8 heteroatoms. The Kier molecular flexibility index (Phi) is 7.19. The molecule has 4 rings (SSSR count). The van der Waals surface area contributed by atoms with E-state index in [1.807, 2.05) is 40.0 Å². The predicted octanol–water partition coefficient (Wildman–Crippen LogP) is 1.81. The van der Waals surface area contributed by atoms with E-state index in [1.165, 1.54) is 0 Å². The number of aromatic amines is 1. The second kappa shape index (κ2) is 9.16. The van der Waals surface area contributed by atoms with E-state index in [9.17, 15) is 4.79 Å². The third kappa shape index (κ3) is 4.28. The molecule has 1 aliphatic rings. The largest absolute Gasteiger partial charge is 1.00 e. The first-order valence-corrected chi connectivity index (χ1v) is 12.1. The van der Waals surface area contributed by atoms with Crippen LogP contribution in [0.3, 0.4) is 0 Å². The third-order valence-corrected chi connectivity index (χ3v) is 7.40. The van der Waals surface area contributed by atoms with Gasteiger partial charge in [0.2, 0.25) is 0 Å². The van der Waals surface area contributed by atoms with Gasteiger partial charge in [-0.25, -0.2) is 9.55 Å². The second-order valence-electron chi connectivity index (χ2n) is 9.75. The number of H-pyrrole nitrogens is 1. The molecule has 0 unspecified atom stereocenters. The number of imidazole rings is 1. The van der Waals surface area contributed by atoms with E-state index >= 15 is 0 Å². The minimum Gasteiger partial charge on any atom is -1.00 e. The zero-order chi connectivity index (χ0) is 23.4. The number of nitrogens with zero attached hydrogens (tertiary/aromatic N) is 2. The standard InChI is InChI=1S/C25H31N3O2S2.ClH/c1-14-19(8-7-9-21(31)32)28(11-10-20(14)30-6)23-26-17-12-15-16(13-18(17)27-23)25(4,5)22(29)24(15,2)3;/h10-13,21H,7-9H2,1-6H3,(H2-,26,27,31,32);1H. The Bertz CT molecular complexity index is 1160. The van der Waals surface area contributed by atoms with Gasteiger partial charge in [-0.3, -0.25) is 4.79 Å². The quantitative estimate of drug-likeness (QED) is 0.272. The maximum atomic E-state index is 13.0. The first-order valence-electron chi connectivity index (χ1n) is 11.0. The Hall–Kier alpha value is -1.70. The Balaban J connectivity index is 0.00000306. The topological polar surface area (TPSA) is 58.9 Å². The number of halogens is 1. The van der Waals surface area contributed by atoms with Crippen molar-refractivity contribution in [3.63, 3.8) is 0 Å². The molecule has 0 fully saturated rings. The van der Waals surface area contributed by atoms with Gasteiger partial charge in [-0.15, -0.1) is 0 Å². The lowest BCUT2D eigenvalue weighted by molar-refractivity contribution is -0.612. The van der Waals surface area contributed by atoms with E-state index in [2.05, 4.69) is 53.9 Å². The number of ether oxygens (including phenoxy) is 1. The van der Waals surface area contributed by atoms with Crippen molar-refractivity contribution in [3.8, 4) is 11.7 Å². The smallest absolute Gasteiger partial charge is 0.402 e. The molecule has 0 aliphatic heterocycles. The van der Waals surface area contributed by atoms with Crippen LogP contribution < -0.4 is 21.7 Å². The van der Waals surface area contributed by atoms with Crippen LogP contribution in [0.4, 0.5) is 0 Å². The summed E-state index contributed by atoms with van der Waals surface area (Å²) in [6, 6.07) is 6.16. The molecule has 0 saturated heterocycles. The predicted molar refractivity (Wildman–Crippen MR) is 135 cm³/mol. The molecule has 3 aromatic rings. The van der Waals surface area contributed by atoms with Crippen LogP contribution in [0.2, 0.25) is 0 Å². The van der Waals surface area contributed by atoms with Crippen LogP contribution in [0.5, 0.6) is 5.75 Å². The summed E-state index contributed by atoms with van der Waals surface area (Å²) >= 11 is 8.79. The van der Waals surface area contributed by atoms with Crippen LogP contribution in [0.15, 0.2) is 24.4 Å². The lowest BCUT2D eigenvalue weighted by Gasteiger charge is -2.21. The van der Waals surface area contributed by atoms with E-state index in [0.717, 1.165) is 64.4 Å². The number of Topliss-reactive ketones (excluding diaryl/α,β-unsaturated/α-hetero) is 1. The number of thiol groups is 2. The molecule has 1 N–H and O–H groups in total. The van der Waals surface area contributed by atoms with E-state index in [1.54, 1.807) is 7.11 Å². The Morgan fingerprint density at radius 1 is 1.15 bits per heavy atom. The van der Waals surface area contributed by atoms with Crippen LogP contribution in [0, 0.1) is 6.92 Å². The number of rotatable bonds is 6. The third-order valence-electron chi connectivity index (χ3n) is 6.88. The van der Waals surface area contributed by atoms with Crippen LogP contribution in [-0.2, 0) is 22.0 Å². The molecule has 0 spiro atoms. The SMILES string of the molecule is COc1cc[n+](-c2nc3cc4c(cc3[nH]2)C(C)(C)C(=O)C4(C)C)c(CCCC(S)S)c1C.[Cl-]. The molecule has 0 bridgehead atoms. The number of aromatic nitrogens is 3. The van der Waals surface area contributed by atoms with Crippen LogP contribution >= 0.6 is 25.3 Å². The first-order chi connectivity index (χ1) is 15.0. The van der Waals surface area contributed by atoms with Crippen molar-refractivity contribution in [2.75, 3.05) is 7.11 Å². The average Bonchev–Trinajstić information content (AvgIpc) is 3.20. The van der Waals surface area contributed by atoms with Gasteiger partial charge in [-0.05, 0) is 70.7 Å². The van der Waals surface area contributed by atoms with Crippen molar-refractivity contribution in [1.29, 1.82) is 0 Å². The van der Waals surface area contributed by atoms with Crippen molar-refractivity contribution in [3.05, 3.63) is 46.8 Å². The number of methoxy groups -OCH3 is 1. The molecule has 1 aliphatic carbocycles. The maximum absolute atomic E-state index is 13.0. The lowest BCUT2D eigenvalue weighted by atomic mass is 9.80. The van der Waals surface area contributed by atoms with Gasteiger partial charge < -0.3 is 17.1 Å². The number of fused-ring (bicyclic) bond motifs is 2. The van der Waals surface area contributed by atoms with Crippen molar-refractivity contribution in [2.45, 2.75) is 69.3 Å². The monoisotopic (exact) mass is 505 g/mol. The van der Waals surface area contributed by atoms with Crippen LogP contribution in [0.25, 0.3) is 17.0 Å². The molecule has 1 aromatic carbocycles. The molecular weight excluding hydrogens is 474 g/mol.